The van der Waals surface area contributed by atoms with E-state index in [9.17, 15) is 14.3 Å². The molecule has 1 aliphatic rings. The standard InChI is InChI=1S/C22H19FN6O3S/c1-27(2)28-13-20(32-26-28)25-19(30)14-33-22-24-18(12-15-8-10-16(23)11-9-15)21(31)29(22)17-6-4-3-5-7-17/h3-13H,14H2,1-2H3/b18-12+. The molecule has 1 aliphatic heterocycles. The maximum absolute atomic E-state index is 13.2. The summed E-state index contributed by atoms with van der Waals surface area (Å²) in [6.07, 6.45) is 3.05. The number of nitrogens with zero attached hydrogens (tertiary/aromatic N) is 6. The molecule has 2 aromatic carbocycles. The first-order chi connectivity index (χ1) is 15.9. The first kappa shape index (κ1) is 22.2. The zero-order valence-corrected chi connectivity index (χ0v) is 18.6. The summed E-state index contributed by atoms with van der Waals surface area (Å²) in [6.45, 7) is 0. The number of aromatic nitrogens is 2. The predicted molar refractivity (Wildman–Crippen MR) is 122 cm³/mol. The van der Waals surface area contributed by atoms with Gasteiger partial charge < -0.3 is 5.11 Å². The maximum Gasteiger partial charge on any atom is 0.324 e. The highest BCUT2D eigenvalue weighted by atomic mass is 32.2. The number of amides is 1. The summed E-state index contributed by atoms with van der Waals surface area (Å²) in [5.74, 6) is -1.19. The van der Waals surface area contributed by atoms with Crippen molar-refractivity contribution < 1.29 is 23.6 Å². The van der Waals surface area contributed by atoms with Gasteiger partial charge in [-0.1, -0.05) is 42.1 Å². The molecular weight excluding hydrogens is 447 g/mol. The number of thioether (sulfide) groups is 1. The van der Waals surface area contributed by atoms with Gasteiger partial charge in [0.25, 0.3) is 12.1 Å². The van der Waals surface area contributed by atoms with Crippen molar-refractivity contribution in [2.75, 3.05) is 29.8 Å². The number of carbonyl (C=O) groups is 1. The van der Waals surface area contributed by atoms with Gasteiger partial charge in [0.15, 0.2) is 5.17 Å². The van der Waals surface area contributed by atoms with Gasteiger partial charge in [-0.2, -0.15) is 5.01 Å². The van der Waals surface area contributed by atoms with E-state index in [4.69, 9.17) is 4.52 Å². The Morgan fingerprint density at radius 3 is 2.64 bits per heavy atom. The van der Waals surface area contributed by atoms with Crippen LogP contribution in [0.1, 0.15) is 5.56 Å². The number of para-hydroxylation sites is 1. The Bertz CT molecular complexity index is 1240. The van der Waals surface area contributed by atoms with Crippen molar-refractivity contribution in [3.05, 3.63) is 77.9 Å². The van der Waals surface area contributed by atoms with Crippen molar-refractivity contribution in [1.29, 1.82) is 0 Å². The van der Waals surface area contributed by atoms with E-state index in [-0.39, 0.29) is 29.1 Å². The van der Waals surface area contributed by atoms with E-state index in [1.54, 1.807) is 61.6 Å². The maximum atomic E-state index is 13.2. The molecule has 168 valence electrons. The molecule has 9 nitrogen and oxygen atoms in total. The topological polar surface area (TPSA) is 101 Å². The summed E-state index contributed by atoms with van der Waals surface area (Å²) in [5, 5.41) is 18.1. The van der Waals surface area contributed by atoms with Gasteiger partial charge in [0.05, 0.1) is 24.6 Å². The summed E-state index contributed by atoms with van der Waals surface area (Å²) >= 11 is 1.08. The number of hydrogen-bond acceptors (Lipinski definition) is 8. The lowest BCUT2D eigenvalue weighted by Crippen LogP contribution is -2.53. The quantitative estimate of drug-likeness (QED) is 0.238. The highest BCUT2D eigenvalue weighted by Crippen LogP contribution is 2.29. The van der Waals surface area contributed by atoms with Crippen LogP contribution in [0.3, 0.4) is 0 Å². The second-order valence-electron chi connectivity index (χ2n) is 7.05. The largest absolute Gasteiger partial charge is 0.861 e. The molecule has 0 unspecified atom stereocenters. The summed E-state index contributed by atoms with van der Waals surface area (Å²) in [7, 11) is 3.52. The van der Waals surface area contributed by atoms with Crippen LogP contribution in [0.25, 0.3) is 6.08 Å². The molecule has 3 aromatic rings. The Labute approximate surface area is 193 Å². The van der Waals surface area contributed by atoms with Crippen LogP contribution >= 0.6 is 11.8 Å². The first-order valence-electron chi connectivity index (χ1n) is 9.80. The molecule has 11 heteroatoms. The number of carbonyl (C=O) groups excluding carboxylic acids is 1. The van der Waals surface area contributed by atoms with Gasteiger partial charge in [-0.05, 0) is 41.8 Å². The molecule has 2 heterocycles. The zero-order valence-electron chi connectivity index (χ0n) is 17.8. The van der Waals surface area contributed by atoms with Crippen LogP contribution in [0, 0.1) is 5.82 Å². The number of rotatable bonds is 6. The van der Waals surface area contributed by atoms with Crippen LogP contribution < -0.4 is 19.8 Å². The van der Waals surface area contributed by atoms with Crippen molar-refractivity contribution in [3.63, 3.8) is 0 Å². The SMILES string of the molecule is CN(C)[n+]1cc(/N=C(/[O-])CSC2=N/C(=C/c3ccc(F)cc3)C(=O)N2c2ccccc2)on1. The Balaban J connectivity index is 1.57. The van der Waals surface area contributed by atoms with E-state index in [0.29, 0.717) is 16.4 Å². The van der Waals surface area contributed by atoms with Crippen LogP contribution in [-0.2, 0) is 4.79 Å². The molecule has 0 bridgehead atoms. The van der Waals surface area contributed by atoms with E-state index in [1.807, 2.05) is 6.07 Å². The van der Waals surface area contributed by atoms with E-state index < -0.39 is 5.90 Å². The Morgan fingerprint density at radius 1 is 1.24 bits per heavy atom. The third kappa shape index (κ3) is 5.26. The van der Waals surface area contributed by atoms with Crippen LogP contribution in [0.2, 0.25) is 0 Å². The second-order valence-corrected chi connectivity index (χ2v) is 8.00. The molecule has 0 fully saturated rings. The van der Waals surface area contributed by atoms with E-state index in [2.05, 4.69) is 15.3 Å². The van der Waals surface area contributed by atoms with Crippen LogP contribution in [-0.4, -0.2) is 42.1 Å². The number of halogens is 1. The predicted octanol–water partition coefficient (Wildman–Crippen LogP) is 1.87. The van der Waals surface area contributed by atoms with Crippen molar-refractivity contribution in [2.45, 2.75) is 0 Å². The highest BCUT2D eigenvalue weighted by molar-refractivity contribution is 8.14. The average Bonchev–Trinajstić information content (AvgIpc) is 3.39. The minimum Gasteiger partial charge on any atom is -0.861 e. The molecular formula is C22H19FN6O3S. The number of benzene rings is 2. The van der Waals surface area contributed by atoms with Gasteiger partial charge in [-0.15, -0.1) is 0 Å². The Kier molecular flexibility index (Phi) is 6.50. The molecule has 0 radical (unpaired) electrons. The normalized spacial score (nSPS) is 15.3. The smallest absolute Gasteiger partial charge is 0.324 e. The van der Waals surface area contributed by atoms with E-state index in [0.717, 1.165) is 11.8 Å². The first-order valence-corrected chi connectivity index (χ1v) is 10.8. The van der Waals surface area contributed by atoms with Gasteiger partial charge in [0, 0.05) is 5.75 Å². The number of anilines is 1. The molecule has 1 aromatic heterocycles. The fourth-order valence-electron chi connectivity index (χ4n) is 2.86. The van der Waals surface area contributed by atoms with Crippen LogP contribution in [0.5, 0.6) is 0 Å². The lowest BCUT2D eigenvalue weighted by atomic mass is 10.2. The lowest BCUT2D eigenvalue weighted by molar-refractivity contribution is -0.753. The number of hydrogen-bond donors (Lipinski definition) is 0. The van der Waals surface area contributed by atoms with Gasteiger partial charge >= 0.3 is 5.88 Å². The third-order valence-corrected chi connectivity index (χ3v) is 5.35. The van der Waals surface area contributed by atoms with E-state index >= 15 is 0 Å². The van der Waals surface area contributed by atoms with Gasteiger partial charge in [0.1, 0.15) is 11.5 Å². The second kappa shape index (κ2) is 9.65. The average molecular weight is 466 g/mol. The molecule has 0 atom stereocenters. The van der Waals surface area contributed by atoms with Crippen molar-refractivity contribution in [1.82, 2.24) is 5.27 Å². The zero-order chi connectivity index (χ0) is 23.4. The fraction of sp³-hybridized carbons (Fsp3) is 0.136. The highest BCUT2D eigenvalue weighted by Gasteiger charge is 2.31. The summed E-state index contributed by atoms with van der Waals surface area (Å²) in [4.78, 5) is 24.3. The van der Waals surface area contributed by atoms with Crippen molar-refractivity contribution in [2.24, 2.45) is 9.98 Å². The minimum atomic E-state index is -0.471. The van der Waals surface area contributed by atoms with E-state index in [1.165, 1.54) is 28.0 Å². The van der Waals surface area contributed by atoms with Gasteiger partial charge in [0.2, 0.25) is 5.27 Å². The molecule has 0 aliphatic carbocycles. The van der Waals surface area contributed by atoms with Crippen LogP contribution in [0.4, 0.5) is 16.0 Å². The Hall–Kier alpha value is -3.99. The molecule has 0 saturated heterocycles. The Morgan fingerprint density at radius 2 is 1.97 bits per heavy atom. The van der Waals surface area contributed by atoms with Gasteiger partial charge in [-0.25, -0.2) is 14.4 Å². The minimum absolute atomic E-state index is 0.0653. The fourth-order valence-corrected chi connectivity index (χ4v) is 3.66. The molecule has 0 N–H and O–H groups in total. The van der Waals surface area contributed by atoms with Gasteiger partial charge in [-0.3, -0.25) is 14.2 Å². The number of amidine groups is 1. The summed E-state index contributed by atoms with van der Waals surface area (Å²) < 4.78 is 18.2. The number of aliphatic imine (C=N–C) groups is 2. The summed E-state index contributed by atoms with van der Waals surface area (Å²) in [5.41, 5.74) is 1.43. The molecule has 1 amide bonds. The van der Waals surface area contributed by atoms with Crippen molar-refractivity contribution >= 4 is 46.4 Å². The molecule has 33 heavy (non-hydrogen) atoms. The molecule has 0 saturated carbocycles. The molecule has 0 spiro atoms. The lowest BCUT2D eigenvalue weighted by Gasteiger charge is -2.18. The third-order valence-electron chi connectivity index (χ3n) is 4.43. The van der Waals surface area contributed by atoms with Crippen LogP contribution in [0.15, 0.2) is 81.0 Å². The summed E-state index contributed by atoms with van der Waals surface area (Å²) in [6, 6.07) is 14.7. The molecule has 4 rings (SSSR count). The van der Waals surface area contributed by atoms with Crippen molar-refractivity contribution in [3.8, 4) is 0 Å². The monoisotopic (exact) mass is 466 g/mol.